The topological polar surface area (TPSA) is 70.4 Å². The van der Waals surface area contributed by atoms with E-state index in [1.807, 2.05) is 0 Å². The summed E-state index contributed by atoms with van der Waals surface area (Å²) in [7, 11) is 0. The van der Waals surface area contributed by atoms with Crippen molar-refractivity contribution in [3.05, 3.63) is 46.2 Å². The molecule has 92 valence electrons. The first kappa shape index (κ1) is 12.7. The quantitative estimate of drug-likeness (QED) is 0.886. The number of carboxylic acid groups (broad SMARTS) is 1. The largest absolute Gasteiger partial charge is 0.505 e. The molecule has 0 bridgehead atoms. The minimum absolute atomic E-state index is 0.395. The molecule has 0 saturated carbocycles. The van der Waals surface area contributed by atoms with Crippen molar-refractivity contribution in [2.24, 2.45) is 0 Å². The summed E-state index contributed by atoms with van der Waals surface area (Å²) >= 11 is 12.0. The second-order valence-electron chi connectivity index (χ2n) is 3.49. The van der Waals surface area contributed by atoms with Crippen molar-refractivity contribution in [2.45, 2.75) is 0 Å². The van der Waals surface area contributed by atoms with E-state index in [9.17, 15) is 9.90 Å². The summed E-state index contributed by atoms with van der Waals surface area (Å²) < 4.78 is 0. The molecule has 4 nitrogen and oxygen atoms in total. The van der Waals surface area contributed by atoms with Gasteiger partial charge in [0.2, 0.25) is 0 Å². The Bertz CT molecular complexity index is 608. The highest BCUT2D eigenvalue weighted by Crippen LogP contribution is 2.35. The molecule has 0 aliphatic rings. The molecule has 2 aromatic rings. The molecular formula is C12H7Cl2NO3. The Morgan fingerprint density at radius 2 is 1.83 bits per heavy atom. The average Bonchev–Trinajstić information content (AvgIpc) is 2.28. The normalized spacial score (nSPS) is 10.3. The monoisotopic (exact) mass is 283 g/mol. The summed E-state index contributed by atoms with van der Waals surface area (Å²) in [6.45, 7) is 0. The number of pyridine rings is 1. The predicted octanol–water partition coefficient (Wildman–Crippen LogP) is 3.46. The molecule has 2 N–H and O–H groups in total. The number of aromatic nitrogens is 1. The molecule has 1 heterocycles. The third-order valence-electron chi connectivity index (χ3n) is 2.32. The molecule has 0 atom stereocenters. The van der Waals surface area contributed by atoms with Crippen LogP contribution in [0, 0.1) is 0 Å². The van der Waals surface area contributed by atoms with E-state index in [-0.39, 0.29) is 0 Å². The molecule has 0 amide bonds. The van der Waals surface area contributed by atoms with Crippen LogP contribution in [0.25, 0.3) is 11.1 Å². The Morgan fingerprint density at radius 1 is 1.22 bits per heavy atom. The molecule has 2 rings (SSSR count). The number of rotatable bonds is 2. The standard InChI is InChI=1S/C12H7Cl2NO3/c13-7-2-1-3-8(14)10(7)6-4-9(16)11(12(17)18)15-5-6/h1-5,16H,(H,17,18). The van der Waals surface area contributed by atoms with Crippen molar-refractivity contribution >= 4 is 29.2 Å². The molecule has 18 heavy (non-hydrogen) atoms. The van der Waals surface area contributed by atoms with Crippen molar-refractivity contribution in [2.75, 3.05) is 0 Å². The van der Waals surface area contributed by atoms with Crippen LogP contribution in [0.3, 0.4) is 0 Å². The van der Waals surface area contributed by atoms with Crippen LogP contribution in [-0.2, 0) is 0 Å². The van der Waals surface area contributed by atoms with Crippen LogP contribution in [0.4, 0.5) is 0 Å². The summed E-state index contributed by atoms with van der Waals surface area (Å²) in [4.78, 5) is 14.4. The van der Waals surface area contributed by atoms with Gasteiger partial charge < -0.3 is 10.2 Å². The molecule has 1 aromatic carbocycles. The molecule has 0 aliphatic heterocycles. The zero-order valence-electron chi connectivity index (χ0n) is 8.89. The molecule has 0 saturated heterocycles. The lowest BCUT2D eigenvalue weighted by Crippen LogP contribution is -2.00. The number of halogens is 2. The minimum atomic E-state index is -1.30. The van der Waals surface area contributed by atoms with Gasteiger partial charge in [0, 0.05) is 27.4 Å². The lowest BCUT2D eigenvalue weighted by Gasteiger charge is -2.08. The van der Waals surface area contributed by atoms with Crippen LogP contribution in [0.15, 0.2) is 30.5 Å². The molecule has 1 aromatic heterocycles. The van der Waals surface area contributed by atoms with Crippen molar-refractivity contribution in [3.63, 3.8) is 0 Å². The van der Waals surface area contributed by atoms with E-state index in [1.54, 1.807) is 18.2 Å². The summed E-state index contributed by atoms with van der Waals surface area (Å²) in [5.41, 5.74) is 0.538. The third kappa shape index (κ3) is 2.25. The van der Waals surface area contributed by atoms with E-state index in [2.05, 4.69) is 4.98 Å². The van der Waals surface area contributed by atoms with E-state index in [4.69, 9.17) is 28.3 Å². The number of carboxylic acids is 1. The van der Waals surface area contributed by atoms with Gasteiger partial charge in [0.05, 0.1) is 0 Å². The molecule has 0 unspecified atom stereocenters. The summed E-state index contributed by atoms with van der Waals surface area (Å²) in [6, 6.07) is 6.24. The molecule has 0 fully saturated rings. The van der Waals surface area contributed by atoms with Gasteiger partial charge in [-0.1, -0.05) is 29.3 Å². The van der Waals surface area contributed by atoms with E-state index in [0.717, 1.165) is 0 Å². The maximum absolute atomic E-state index is 10.7. The molecule has 0 radical (unpaired) electrons. The van der Waals surface area contributed by atoms with Crippen molar-refractivity contribution < 1.29 is 15.0 Å². The first-order chi connectivity index (χ1) is 8.50. The van der Waals surface area contributed by atoms with Gasteiger partial charge in [-0.15, -0.1) is 0 Å². The van der Waals surface area contributed by atoms with Crippen molar-refractivity contribution in [3.8, 4) is 16.9 Å². The van der Waals surface area contributed by atoms with Crippen molar-refractivity contribution in [1.82, 2.24) is 4.98 Å². The molecule has 6 heteroatoms. The minimum Gasteiger partial charge on any atom is -0.505 e. The Morgan fingerprint density at radius 3 is 2.33 bits per heavy atom. The zero-order valence-corrected chi connectivity index (χ0v) is 10.4. The lowest BCUT2D eigenvalue weighted by molar-refractivity contribution is 0.0687. The van der Waals surface area contributed by atoms with Crippen LogP contribution in [-0.4, -0.2) is 21.2 Å². The fourth-order valence-corrected chi connectivity index (χ4v) is 2.14. The van der Waals surface area contributed by atoms with Crippen LogP contribution < -0.4 is 0 Å². The third-order valence-corrected chi connectivity index (χ3v) is 2.95. The van der Waals surface area contributed by atoms with Gasteiger partial charge in [0.25, 0.3) is 0 Å². The highest BCUT2D eigenvalue weighted by Gasteiger charge is 2.15. The zero-order chi connectivity index (χ0) is 13.3. The van der Waals surface area contributed by atoms with Crippen LogP contribution in [0.2, 0.25) is 10.0 Å². The van der Waals surface area contributed by atoms with E-state index < -0.39 is 17.4 Å². The van der Waals surface area contributed by atoms with Gasteiger partial charge in [0.15, 0.2) is 5.69 Å². The number of nitrogens with zero attached hydrogens (tertiary/aromatic N) is 1. The number of aromatic carboxylic acids is 1. The number of carbonyl (C=O) groups is 1. The maximum Gasteiger partial charge on any atom is 0.358 e. The lowest BCUT2D eigenvalue weighted by atomic mass is 10.1. The van der Waals surface area contributed by atoms with Gasteiger partial charge in [0.1, 0.15) is 5.75 Å². The molecule has 0 aliphatic carbocycles. The Balaban J connectivity index is 2.59. The Hall–Kier alpha value is -1.78. The first-order valence-corrected chi connectivity index (χ1v) is 5.63. The van der Waals surface area contributed by atoms with Gasteiger partial charge in [-0.05, 0) is 18.2 Å². The fourth-order valence-electron chi connectivity index (χ4n) is 1.53. The van der Waals surface area contributed by atoms with Gasteiger partial charge in [-0.3, -0.25) is 0 Å². The fraction of sp³-hybridized carbons (Fsp3) is 0. The van der Waals surface area contributed by atoms with Crippen LogP contribution >= 0.6 is 23.2 Å². The Labute approximate surface area is 112 Å². The van der Waals surface area contributed by atoms with Gasteiger partial charge >= 0.3 is 5.97 Å². The summed E-state index contributed by atoms with van der Waals surface area (Å²) in [5, 5.41) is 19.1. The Kier molecular flexibility index (Phi) is 3.41. The van der Waals surface area contributed by atoms with E-state index in [1.165, 1.54) is 12.3 Å². The SMILES string of the molecule is O=C(O)c1ncc(-c2c(Cl)cccc2Cl)cc1O. The number of aromatic hydroxyl groups is 1. The second-order valence-corrected chi connectivity index (χ2v) is 4.31. The summed E-state index contributed by atoms with van der Waals surface area (Å²) in [6.07, 6.45) is 1.30. The average molecular weight is 284 g/mol. The number of hydrogen-bond donors (Lipinski definition) is 2. The van der Waals surface area contributed by atoms with E-state index >= 15 is 0 Å². The highest BCUT2D eigenvalue weighted by atomic mass is 35.5. The molecule has 0 spiro atoms. The highest BCUT2D eigenvalue weighted by molar-refractivity contribution is 6.39. The number of hydrogen-bond acceptors (Lipinski definition) is 3. The molecular weight excluding hydrogens is 277 g/mol. The maximum atomic E-state index is 10.7. The smallest absolute Gasteiger partial charge is 0.358 e. The van der Waals surface area contributed by atoms with Gasteiger partial charge in [-0.2, -0.15) is 0 Å². The summed E-state index contributed by atoms with van der Waals surface area (Å²) in [5.74, 6) is -1.74. The second kappa shape index (κ2) is 4.84. The van der Waals surface area contributed by atoms with Gasteiger partial charge in [-0.25, -0.2) is 9.78 Å². The predicted molar refractivity (Wildman–Crippen MR) is 68.3 cm³/mol. The number of benzene rings is 1. The van der Waals surface area contributed by atoms with Crippen LogP contribution in [0.5, 0.6) is 5.75 Å². The van der Waals surface area contributed by atoms with E-state index in [0.29, 0.717) is 21.2 Å². The first-order valence-electron chi connectivity index (χ1n) is 4.87. The van der Waals surface area contributed by atoms with Crippen LogP contribution in [0.1, 0.15) is 10.5 Å². The van der Waals surface area contributed by atoms with Crippen molar-refractivity contribution in [1.29, 1.82) is 0 Å².